The SMILES string of the molecule is CCOc1ccc(CCC(=O)Nc2nnc(C3CCCCC3)s2)cc1OC. The molecule has 0 unspecified atom stereocenters. The lowest BCUT2D eigenvalue weighted by Gasteiger charge is -2.18. The summed E-state index contributed by atoms with van der Waals surface area (Å²) in [5.74, 6) is 1.88. The Hall–Kier alpha value is -2.15. The number of nitrogens with one attached hydrogen (secondary N) is 1. The Morgan fingerprint density at radius 1 is 1.22 bits per heavy atom. The molecule has 0 aliphatic heterocycles. The average molecular weight is 390 g/mol. The summed E-state index contributed by atoms with van der Waals surface area (Å²) >= 11 is 1.51. The van der Waals surface area contributed by atoms with Gasteiger partial charge in [0.1, 0.15) is 5.01 Å². The predicted molar refractivity (Wildman–Crippen MR) is 107 cm³/mol. The Labute approximate surface area is 164 Å². The molecule has 27 heavy (non-hydrogen) atoms. The van der Waals surface area contributed by atoms with E-state index in [4.69, 9.17) is 9.47 Å². The second-order valence-electron chi connectivity index (χ2n) is 6.75. The van der Waals surface area contributed by atoms with Gasteiger partial charge in [0.15, 0.2) is 11.5 Å². The molecule has 1 heterocycles. The van der Waals surface area contributed by atoms with E-state index in [1.165, 1.54) is 43.4 Å². The van der Waals surface area contributed by atoms with Crippen molar-refractivity contribution in [3.8, 4) is 11.5 Å². The van der Waals surface area contributed by atoms with E-state index in [-0.39, 0.29) is 5.91 Å². The van der Waals surface area contributed by atoms with Crippen molar-refractivity contribution in [2.75, 3.05) is 19.0 Å². The second kappa shape index (κ2) is 9.69. The van der Waals surface area contributed by atoms with Gasteiger partial charge in [-0.2, -0.15) is 0 Å². The third kappa shape index (κ3) is 5.42. The summed E-state index contributed by atoms with van der Waals surface area (Å²) in [6.45, 7) is 2.52. The molecule has 2 aromatic rings. The zero-order chi connectivity index (χ0) is 19.1. The molecule has 0 atom stereocenters. The van der Waals surface area contributed by atoms with E-state index in [0.29, 0.717) is 36.2 Å². The maximum atomic E-state index is 12.3. The number of amides is 1. The van der Waals surface area contributed by atoms with Gasteiger partial charge >= 0.3 is 0 Å². The van der Waals surface area contributed by atoms with E-state index >= 15 is 0 Å². The Morgan fingerprint density at radius 3 is 2.78 bits per heavy atom. The Balaban J connectivity index is 1.51. The molecule has 0 bridgehead atoms. The molecule has 146 valence electrons. The van der Waals surface area contributed by atoms with Gasteiger partial charge in [-0.1, -0.05) is 36.7 Å². The minimum absolute atomic E-state index is 0.0470. The molecule has 1 aromatic heterocycles. The fraction of sp³-hybridized carbons (Fsp3) is 0.550. The number of anilines is 1. The van der Waals surface area contributed by atoms with Crippen molar-refractivity contribution < 1.29 is 14.3 Å². The molecule has 3 rings (SSSR count). The molecule has 0 radical (unpaired) electrons. The van der Waals surface area contributed by atoms with Crippen LogP contribution in [0.15, 0.2) is 18.2 Å². The van der Waals surface area contributed by atoms with Crippen LogP contribution in [-0.2, 0) is 11.2 Å². The van der Waals surface area contributed by atoms with Gasteiger partial charge in [-0.3, -0.25) is 4.79 Å². The van der Waals surface area contributed by atoms with Crippen molar-refractivity contribution in [1.82, 2.24) is 10.2 Å². The van der Waals surface area contributed by atoms with Crippen LogP contribution < -0.4 is 14.8 Å². The Kier molecular flexibility index (Phi) is 7.04. The van der Waals surface area contributed by atoms with Gasteiger partial charge in [0.2, 0.25) is 11.0 Å². The molecular formula is C20H27N3O3S. The number of rotatable bonds is 8. The van der Waals surface area contributed by atoms with Crippen molar-refractivity contribution in [2.24, 2.45) is 0 Å². The van der Waals surface area contributed by atoms with Crippen molar-refractivity contribution in [3.05, 3.63) is 28.8 Å². The second-order valence-corrected chi connectivity index (χ2v) is 7.76. The normalized spacial score (nSPS) is 14.7. The summed E-state index contributed by atoms with van der Waals surface area (Å²) in [6, 6.07) is 5.77. The van der Waals surface area contributed by atoms with Crippen molar-refractivity contribution in [3.63, 3.8) is 0 Å². The standard InChI is InChI=1S/C20H27N3O3S/c1-3-26-16-11-9-14(13-17(16)25-2)10-12-18(24)21-20-23-22-19(27-20)15-7-5-4-6-8-15/h9,11,13,15H,3-8,10,12H2,1-2H3,(H,21,23,24). The minimum Gasteiger partial charge on any atom is -0.493 e. The van der Waals surface area contributed by atoms with Gasteiger partial charge in [-0.05, 0) is 43.9 Å². The first kappa shape index (κ1) is 19.6. The molecule has 1 aromatic carbocycles. The number of nitrogens with zero attached hydrogens (tertiary/aromatic N) is 2. The highest BCUT2D eigenvalue weighted by molar-refractivity contribution is 7.15. The highest BCUT2D eigenvalue weighted by Crippen LogP contribution is 2.35. The van der Waals surface area contributed by atoms with Crippen LogP contribution in [-0.4, -0.2) is 29.8 Å². The van der Waals surface area contributed by atoms with Gasteiger partial charge in [-0.25, -0.2) is 0 Å². The number of carbonyl (C=O) groups is 1. The third-order valence-corrected chi connectivity index (χ3v) is 5.81. The fourth-order valence-corrected chi connectivity index (χ4v) is 4.31. The summed E-state index contributed by atoms with van der Waals surface area (Å²) in [6.07, 6.45) is 7.22. The molecule has 0 saturated heterocycles. The lowest BCUT2D eigenvalue weighted by Crippen LogP contribution is -2.12. The van der Waals surface area contributed by atoms with Crippen LogP contribution in [0.3, 0.4) is 0 Å². The largest absolute Gasteiger partial charge is 0.493 e. The number of benzene rings is 1. The number of hydrogen-bond donors (Lipinski definition) is 1. The van der Waals surface area contributed by atoms with Crippen LogP contribution in [0.1, 0.15) is 61.9 Å². The van der Waals surface area contributed by atoms with Crippen LogP contribution in [0.5, 0.6) is 11.5 Å². The Morgan fingerprint density at radius 2 is 2.04 bits per heavy atom. The smallest absolute Gasteiger partial charge is 0.226 e. The zero-order valence-corrected chi connectivity index (χ0v) is 16.8. The van der Waals surface area contributed by atoms with Gasteiger partial charge < -0.3 is 14.8 Å². The number of ether oxygens (including phenoxy) is 2. The first-order valence-corrected chi connectivity index (χ1v) is 10.4. The van der Waals surface area contributed by atoms with E-state index in [1.54, 1.807) is 7.11 Å². The fourth-order valence-electron chi connectivity index (χ4n) is 3.38. The maximum absolute atomic E-state index is 12.3. The number of aromatic nitrogens is 2. The molecule has 1 amide bonds. The third-order valence-electron chi connectivity index (χ3n) is 4.81. The van der Waals surface area contributed by atoms with Gasteiger partial charge in [-0.15, -0.1) is 10.2 Å². The summed E-state index contributed by atoms with van der Waals surface area (Å²) in [5.41, 5.74) is 1.03. The van der Waals surface area contributed by atoms with E-state index in [0.717, 1.165) is 16.3 Å². The molecule has 1 saturated carbocycles. The van der Waals surface area contributed by atoms with Gasteiger partial charge in [0, 0.05) is 12.3 Å². The average Bonchev–Trinajstić information content (AvgIpc) is 3.16. The quantitative estimate of drug-likeness (QED) is 0.716. The molecular weight excluding hydrogens is 362 g/mol. The molecule has 7 heteroatoms. The number of aryl methyl sites for hydroxylation is 1. The summed E-state index contributed by atoms with van der Waals surface area (Å²) in [5, 5.41) is 13.0. The highest BCUT2D eigenvalue weighted by atomic mass is 32.1. The van der Waals surface area contributed by atoms with Crippen LogP contribution in [0.2, 0.25) is 0 Å². The molecule has 0 spiro atoms. The van der Waals surface area contributed by atoms with E-state index < -0.39 is 0 Å². The van der Waals surface area contributed by atoms with Crippen LogP contribution in [0, 0.1) is 0 Å². The lowest BCUT2D eigenvalue weighted by molar-refractivity contribution is -0.116. The number of methoxy groups -OCH3 is 1. The van der Waals surface area contributed by atoms with E-state index in [2.05, 4.69) is 15.5 Å². The van der Waals surface area contributed by atoms with Gasteiger partial charge in [0.25, 0.3) is 0 Å². The minimum atomic E-state index is -0.0470. The first-order valence-electron chi connectivity index (χ1n) is 9.62. The molecule has 1 fully saturated rings. The van der Waals surface area contributed by atoms with Crippen LogP contribution in [0.25, 0.3) is 0 Å². The maximum Gasteiger partial charge on any atom is 0.226 e. The number of hydrogen-bond acceptors (Lipinski definition) is 6. The van der Waals surface area contributed by atoms with Crippen molar-refractivity contribution in [2.45, 2.75) is 57.8 Å². The monoisotopic (exact) mass is 389 g/mol. The Bertz CT molecular complexity index is 757. The van der Waals surface area contributed by atoms with Crippen molar-refractivity contribution >= 4 is 22.4 Å². The lowest BCUT2D eigenvalue weighted by atomic mass is 9.90. The molecule has 1 N–H and O–H groups in total. The van der Waals surface area contributed by atoms with Crippen molar-refractivity contribution in [1.29, 1.82) is 0 Å². The molecule has 6 nitrogen and oxygen atoms in total. The molecule has 1 aliphatic carbocycles. The highest BCUT2D eigenvalue weighted by Gasteiger charge is 2.20. The molecule has 1 aliphatic rings. The van der Waals surface area contributed by atoms with Gasteiger partial charge in [0.05, 0.1) is 13.7 Å². The van der Waals surface area contributed by atoms with Crippen LogP contribution in [0.4, 0.5) is 5.13 Å². The summed E-state index contributed by atoms with van der Waals surface area (Å²) < 4.78 is 10.9. The first-order chi connectivity index (χ1) is 13.2. The van der Waals surface area contributed by atoms with E-state index in [1.807, 2.05) is 25.1 Å². The summed E-state index contributed by atoms with van der Waals surface area (Å²) in [7, 11) is 1.62. The predicted octanol–water partition coefficient (Wildman–Crippen LogP) is 4.56. The van der Waals surface area contributed by atoms with E-state index in [9.17, 15) is 4.79 Å². The summed E-state index contributed by atoms with van der Waals surface area (Å²) in [4.78, 5) is 12.3. The number of carbonyl (C=O) groups excluding carboxylic acids is 1. The zero-order valence-electron chi connectivity index (χ0n) is 16.0. The topological polar surface area (TPSA) is 73.3 Å². The van der Waals surface area contributed by atoms with Crippen LogP contribution >= 0.6 is 11.3 Å².